The van der Waals surface area contributed by atoms with E-state index in [1.165, 1.54) is 12.1 Å². The number of fused-ring (bicyclic) bond motifs is 2. The number of aryl methyl sites for hydroxylation is 1. The SMILES string of the molecule is Cc1cc(C(=O)N2Cc3cnc(CC(C)C)nc3C2)c2ccc(F)cc2n1. The Kier molecular flexibility index (Phi) is 4.34. The van der Waals surface area contributed by atoms with E-state index in [9.17, 15) is 9.18 Å². The van der Waals surface area contributed by atoms with Gasteiger partial charge in [-0.05, 0) is 31.0 Å². The summed E-state index contributed by atoms with van der Waals surface area (Å²) in [5, 5.41) is 0.662. The fourth-order valence-electron chi connectivity index (χ4n) is 3.48. The molecule has 0 aliphatic carbocycles. The molecular formula is C21H21FN4O. The van der Waals surface area contributed by atoms with E-state index in [1.807, 2.05) is 13.1 Å². The monoisotopic (exact) mass is 364 g/mol. The lowest BCUT2D eigenvalue weighted by atomic mass is 10.1. The number of carbonyl (C=O) groups is 1. The van der Waals surface area contributed by atoms with Crippen molar-refractivity contribution in [3.63, 3.8) is 0 Å². The topological polar surface area (TPSA) is 59.0 Å². The number of aromatic nitrogens is 3. The summed E-state index contributed by atoms with van der Waals surface area (Å²) in [5.74, 6) is 0.841. The Labute approximate surface area is 157 Å². The second-order valence-electron chi connectivity index (χ2n) is 7.49. The summed E-state index contributed by atoms with van der Waals surface area (Å²) in [5.41, 5.74) is 3.62. The molecule has 0 bridgehead atoms. The number of hydrogen-bond donors (Lipinski definition) is 0. The van der Waals surface area contributed by atoms with E-state index in [0.29, 0.717) is 41.2 Å². The molecule has 0 unspecified atom stereocenters. The highest BCUT2D eigenvalue weighted by molar-refractivity contribution is 6.06. The van der Waals surface area contributed by atoms with Crippen LogP contribution in [-0.2, 0) is 19.5 Å². The summed E-state index contributed by atoms with van der Waals surface area (Å²) in [7, 11) is 0. The maximum absolute atomic E-state index is 13.6. The van der Waals surface area contributed by atoms with Crippen molar-refractivity contribution in [1.82, 2.24) is 19.9 Å². The van der Waals surface area contributed by atoms with Gasteiger partial charge >= 0.3 is 0 Å². The lowest BCUT2D eigenvalue weighted by Crippen LogP contribution is -2.25. The molecule has 1 amide bonds. The van der Waals surface area contributed by atoms with Crippen LogP contribution in [0.1, 0.15) is 47.0 Å². The molecule has 27 heavy (non-hydrogen) atoms. The number of benzene rings is 1. The predicted octanol–water partition coefficient (Wildman–Crippen LogP) is 3.83. The van der Waals surface area contributed by atoms with Crippen LogP contribution < -0.4 is 0 Å². The molecule has 1 aliphatic heterocycles. The summed E-state index contributed by atoms with van der Waals surface area (Å²) in [6, 6.07) is 6.11. The van der Waals surface area contributed by atoms with Crippen LogP contribution in [0.25, 0.3) is 10.9 Å². The van der Waals surface area contributed by atoms with Gasteiger partial charge < -0.3 is 4.90 Å². The Hall–Kier alpha value is -2.89. The van der Waals surface area contributed by atoms with Crippen LogP contribution in [0.4, 0.5) is 4.39 Å². The minimum Gasteiger partial charge on any atom is -0.328 e. The van der Waals surface area contributed by atoms with Gasteiger partial charge in [0.1, 0.15) is 11.6 Å². The molecule has 3 aromatic rings. The Morgan fingerprint density at radius 2 is 2.04 bits per heavy atom. The van der Waals surface area contributed by atoms with E-state index >= 15 is 0 Å². The van der Waals surface area contributed by atoms with Crippen molar-refractivity contribution in [1.29, 1.82) is 0 Å². The highest BCUT2D eigenvalue weighted by Crippen LogP contribution is 2.26. The third kappa shape index (κ3) is 3.39. The van der Waals surface area contributed by atoms with Crippen LogP contribution in [0.5, 0.6) is 0 Å². The molecule has 0 radical (unpaired) electrons. The number of carbonyl (C=O) groups excluding carboxylic acids is 1. The molecule has 0 spiro atoms. The molecule has 0 saturated carbocycles. The molecule has 138 valence electrons. The highest BCUT2D eigenvalue weighted by Gasteiger charge is 2.27. The van der Waals surface area contributed by atoms with Crippen LogP contribution in [0.2, 0.25) is 0 Å². The molecular weight excluding hydrogens is 343 g/mol. The van der Waals surface area contributed by atoms with Crippen molar-refractivity contribution in [3.05, 3.63) is 64.6 Å². The van der Waals surface area contributed by atoms with Gasteiger partial charge in [0.05, 0.1) is 23.3 Å². The minimum atomic E-state index is -0.361. The summed E-state index contributed by atoms with van der Waals surface area (Å²) in [6.07, 6.45) is 2.65. The van der Waals surface area contributed by atoms with Crippen LogP contribution in [0, 0.1) is 18.7 Å². The van der Waals surface area contributed by atoms with Gasteiger partial charge in [-0.15, -0.1) is 0 Å². The Morgan fingerprint density at radius 1 is 1.22 bits per heavy atom. The first-order valence-corrected chi connectivity index (χ1v) is 9.10. The van der Waals surface area contributed by atoms with Crippen molar-refractivity contribution in [2.45, 2.75) is 40.3 Å². The number of nitrogens with zero attached hydrogens (tertiary/aromatic N) is 4. The molecule has 5 nitrogen and oxygen atoms in total. The fourth-order valence-corrected chi connectivity index (χ4v) is 3.48. The second kappa shape index (κ2) is 6.68. The van der Waals surface area contributed by atoms with E-state index in [-0.39, 0.29) is 11.7 Å². The van der Waals surface area contributed by atoms with Crippen molar-refractivity contribution in [2.75, 3.05) is 0 Å². The van der Waals surface area contributed by atoms with E-state index in [4.69, 9.17) is 0 Å². The number of halogens is 1. The molecule has 0 N–H and O–H groups in total. The zero-order chi connectivity index (χ0) is 19.1. The van der Waals surface area contributed by atoms with E-state index in [1.54, 1.807) is 17.0 Å². The standard InChI is InChI=1S/C21H21FN4O/c1-12(2)6-20-23-9-14-10-26(11-19(14)25-20)21(27)17-7-13(3)24-18-8-15(22)4-5-16(17)18/h4-5,7-9,12H,6,10-11H2,1-3H3. The molecule has 6 heteroatoms. The van der Waals surface area contributed by atoms with Gasteiger partial charge in [0.25, 0.3) is 5.91 Å². The number of amides is 1. The first kappa shape index (κ1) is 17.5. The number of rotatable bonds is 3. The highest BCUT2D eigenvalue weighted by atomic mass is 19.1. The van der Waals surface area contributed by atoms with Gasteiger partial charge in [0.2, 0.25) is 0 Å². The van der Waals surface area contributed by atoms with Crippen molar-refractivity contribution in [2.24, 2.45) is 5.92 Å². The average Bonchev–Trinajstić information content (AvgIpc) is 3.02. The minimum absolute atomic E-state index is 0.0967. The second-order valence-corrected chi connectivity index (χ2v) is 7.49. The Balaban J connectivity index is 1.65. The predicted molar refractivity (Wildman–Crippen MR) is 101 cm³/mol. The van der Waals surface area contributed by atoms with Gasteiger partial charge in [0.15, 0.2) is 0 Å². The van der Waals surface area contributed by atoms with Gasteiger partial charge in [-0.1, -0.05) is 13.8 Å². The quantitative estimate of drug-likeness (QED) is 0.709. The average molecular weight is 364 g/mol. The summed E-state index contributed by atoms with van der Waals surface area (Å²) >= 11 is 0. The maximum atomic E-state index is 13.6. The molecule has 3 heterocycles. The first-order chi connectivity index (χ1) is 12.9. The molecule has 1 aromatic carbocycles. The van der Waals surface area contributed by atoms with Crippen molar-refractivity contribution >= 4 is 16.8 Å². The van der Waals surface area contributed by atoms with E-state index in [2.05, 4.69) is 28.8 Å². The van der Waals surface area contributed by atoms with Gasteiger partial charge in [0, 0.05) is 41.9 Å². The molecule has 0 saturated heterocycles. The molecule has 0 fully saturated rings. The van der Waals surface area contributed by atoms with Crippen LogP contribution in [0.15, 0.2) is 30.5 Å². The largest absolute Gasteiger partial charge is 0.328 e. The van der Waals surface area contributed by atoms with Crippen molar-refractivity contribution < 1.29 is 9.18 Å². The van der Waals surface area contributed by atoms with Crippen LogP contribution in [-0.4, -0.2) is 25.8 Å². The molecule has 0 atom stereocenters. The zero-order valence-corrected chi connectivity index (χ0v) is 15.7. The number of pyridine rings is 1. The van der Waals surface area contributed by atoms with Gasteiger partial charge in [-0.3, -0.25) is 9.78 Å². The number of hydrogen-bond acceptors (Lipinski definition) is 4. The van der Waals surface area contributed by atoms with E-state index < -0.39 is 0 Å². The first-order valence-electron chi connectivity index (χ1n) is 9.10. The smallest absolute Gasteiger partial charge is 0.255 e. The lowest BCUT2D eigenvalue weighted by molar-refractivity contribution is 0.0752. The third-order valence-corrected chi connectivity index (χ3v) is 4.71. The Morgan fingerprint density at radius 3 is 2.81 bits per heavy atom. The van der Waals surface area contributed by atoms with Gasteiger partial charge in [-0.25, -0.2) is 14.4 Å². The normalized spacial score (nSPS) is 13.4. The van der Waals surface area contributed by atoms with Crippen LogP contribution in [0.3, 0.4) is 0 Å². The summed E-state index contributed by atoms with van der Waals surface area (Å²) < 4.78 is 13.6. The fraction of sp³-hybridized carbons (Fsp3) is 0.333. The molecule has 1 aliphatic rings. The molecule has 4 rings (SSSR count). The third-order valence-electron chi connectivity index (χ3n) is 4.71. The molecule has 2 aromatic heterocycles. The van der Waals surface area contributed by atoms with E-state index in [0.717, 1.165) is 23.5 Å². The zero-order valence-electron chi connectivity index (χ0n) is 15.7. The Bertz CT molecular complexity index is 1040. The van der Waals surface area contributed by atoms with Crippen molar-refractivity contribution in [3.8, 4) is 0 Å². The summed E-state index contributed by atoms with van der Waals surface area (Å²) in [6.45, 7) is 7.02. The maximum Gasteiger partial charge on any atom is 0.255 e. The summed E-state index contributed by atoms with van der Waals surface area (Å²) in [4.78, 5) is 28.4. The van der Waals surface area contributed by atoms with Gasteiger partial charge in [-0.2, -0.15) is 0 Å². The lowest BCUT2D eigenvalue weighted by Gasteiger charge is -2.17. The van der Waals surface area contributed by atoms with Crippen LogP contribution >= 0.6 is 0 Å².